The van der Waals surface area contributed by atoms with Gasteiger partial charge in [0.25, 0.3) is 6.43 Å². The topological polar surface area (TPSA) is 65.2 Å². The highest BCUT2D eigenvalue weighted by Gasteiger charge is 2.20. The van der Waals surface area contributed by atoms with Crippen LogP contribution in [0.25, 0.3) is 0 Å². The number of hydrogen-bond donors (Lipinski definition) is 1. The molecule has 6 heteroatoms. The molecule has 0 saturated carbocycles. The molecule has 0 aliphatic heterocycles. The van der Waals surface area contributed by atoms with E-state index in [1.165, 1.54) is 13.0 Å². The van der Waals surface area contributed by atoms with Crippen molar-refractivity contribution >= 4 is 5.97 Å². The second-order valence-corrected chi connectivity index (χ2v) is 3.40. The molecule has 0 unspecified atom stereocenters. The van der Waals surface area contributed by atoms with Crippen LogP contribution in [-0.2, 0) is 11.3 Å². The van der Waals surface area contributed by atoms with Gasteiger partial charge >= 0.3 is 5.97 Å². The van der Waals surface area contributed by atoms with Gasteiger partial charge in [0.1, 0.15) is 0 Å². The highest BCUT2D eigenvalue weighted by atomic mass is 19.3. The number of rotatable bonds is 4. The maximum Gasteiger partial charge on any atom is 0.357 e. The van der Waals surface area contributed by atoms with Crippen molar-refractivity contribution in [2.45, 2.75) is 26.8 Å². The van der Waals surface area contributed by atoms with E-state index in [9.17, 15) is 13.6 Å². The molecule has 1 aromatic rings. The van der Waals surface area contributed by atoms with Crippen LogP contribution in [0.3, 0.4) is 0 Å². The van der Waals surface area contributed by atoms with Gasteiger partial charge in [0, 0.05) is 12.1 Å². The zero-order chi connectivity index (χ0) is 13.0. The summed E-state index contributed by atoms with van der Waals surface area (Å²) in [6, 6.07) is 1.21. The van der Waals surface area contributed by atoms with Crippen LogP contribution < -0.4 is 5.73 Å². The Morgan fingerprint density at radius 2 is 2.24 bits per heavy atom. The standard InChI is InChI=1S/C11H14F2N2O2/c1-3-17-11(16)9-6(2)8(10(12)13)4-7(5-14)15-9/h4,10H,3,5,14H2,1-2H3. The highest BCUT2D eigenvalue weighted by Crippen LogP contribution is 2.25. The number of ether oxygens (including phenoxy) is 1. The summed E-state index contributed by atoms with van der Waals surface area (Å²) in [6.07, 6.45) is -2.67. The van der Waals surface area contributed by atoms with E-state index in [2.05, 4.69) is 4.98 Å². The molecule has 0 saturated heterocycles. The lowest BCUT2D eigenvalue weighted by Gasteiger charge is -2.11. The van der Waals surface area contributed by atoms with Gasteiger partial charge in [0.15, 0.2) is 5.69 Å². The number of esters is 1. The third-order valence-electron chi connectivity index (χ3n) is 2.28. The van der Waals surface area contributed by atoms with E-state index in [1.54, 1.807) is 6.92 Å². The summed E-state index contributed by atoms with van der Waals surface area (Å²) in [6.45, 7) is 3.21. The molecule has 0 amide bonds. The third kappa shape index (κ3) is 2.97. The quantitative estimate of drug-likeness (QED) is 0.822. The average molecular weight is 244 g/mol. The summed E-state index contributed by atoms with van der Waals surface area (Å²) < 4.78 is 30.3. The highest BCUT2D eigenvalue weighted by molar-refractivity contribution is 5.89. The van der Waals surface area contributed by atoms with E-state index in [0.29, 0.717) is 0 Å². The molecule has 0 atom stereocenters. The predicted octanol–water partition coefficient (Wildman–Crippen LogP) is 1.96. The molecule has 94 valence electrons. The molecule has 1 heterocycles. The Kier molecular flexibility index (Phi) is 4.51. The molecular weight excluding hydrogens is 230 g/mol. The van der Waals surface area contributed by atoms with Crippen LogP contribution in [0.2, 0.25) is 0 Å². The van der Waals surface area contributed by atoms with Gasteiger partial charge in [-0.15, -0.1) is 0 Å². The van der Waals surface area contributed by atoms with Gasteiger partial charge in [-0.3, -0.25) is 0 Å². The fourth-order valence-corrected chi connectivity index (χ4v) is 1.41. The van der Waals surface area contributed by atoms with E-state index < -0.39 is 12.4 Å². The van der Waals surface area contributed by atoms with Crippen molar-refractivity contribution < 1.29 is 18.3 Å². The Balaban J connectivity index is 3.28. The molecule has 1 aromatic heterocycles. The van der Waals surface area contributed by atoms with Crippen LogP contribution in [0.1, 0.15) is 40.7 Å². The van der Waals surface area contributed by atoms with Crippen LogP contribution in [0, 0.1) is 6.92 Å². The molecule has 17 heavy (non-hydrogen) atoms. The third-order valence-corrected chi connectivity index (χ3v) is 2.28. The second-order valence-electron chi connectivity index (χ2n) is 3.40. The first-order valence-corrected chi connectivity index (χ1v) is 5.17. The van der Waals surface area contributed by atoms with Crippen LogP contribution in [0.5, 0.6) is 0 Å². The van der Waals surface area contributed by atoms with E-state index >= 15 is 0 Å². The smallest absolute Gasteiger partial charge is 0.357 e. The summed E-state index contributed by atoms with van der Waals surface area (Å²) in [5.74, 6) is -0.706. The maximum absolute atomic E-state index is 12.8. The number of nitrogens with two attached hydrogens (primary N) is 1. The monoisotopic (exact) mass is 244 g/mol. The molecular formula is C11H14F2N2O2. The van der Waals surface area contributed by atoms with Crippen LogP contribution in [0.15, 0.2) is 6.07 Å². The number of hydrogen-bond acceptors (Lipinski definition) is 4. The van der Waals surface area contributed by atoms with Crippen molar-refractivity contribution in [3.63, 3.8) is 0 Å². The minimum absolute atomic E-state index is 0.00753. The van der Waals surface area contributed by atoms with Gasteiger partial charge in [0.2, 0.25) is 0 Å². The molecule has 1 rings (SSSR count). The first kappa shape index (κ1) is 13.5. The van der Waals surface area contributed by atoms with Crippen molar-refractivity contribution in [1.82, 2.24) is 4.98 Å². The number of halogens is 2. The molecule has 0 aliphatic carbocycles. The number of alkyl halides is 2. The van der Waals surface area contributed by atoms with E-state index in [4.69, 9.17) is 10.5 Å². The van der Waals surface area contributed by atoms with Crippen LogP contribution in [-0.4, -0.2) is 17.6 Å². The first-order chi connectivity index (χ1) is 8.01. The van der Waals surface area contributed by atoms with Crippen molar-refractivity contribution in [2.24, 2.45) is 5.73 Å². The lowest BCUT2D eigenvalue weighted by Crippen LogP contribution is -2.14. The SMILES string of the molecule is CCOC(=O)c1nc(CN)cc(C(F)F)c1C. The Morgan fingerprint density at radius 3 is 2.71 bits per heavy atom. The van der Waals surface area contributed by atoms with Gasteiger partial charge < -0.3 is 10.5 Å². The zero-order valence-corrected chi connectivity index (χ0v) is 9.67. The van der Waals surface area contributed by atoms with Crippen LogP contribution >= 0.6 is 0 Å². The number of carbonyl (C=O) groups excluding carboxylic acids is 1. The number of carbonyl (C=O) groups is 1. The Hall–Kier alpha value is -1.56. The number of aromatic nitrogens is 1. The lowest BCUT2D eigenvalue weighted by molar-refractivity contribution is 0.0517. The maximum atomic E-state index is 12.8. The summed E-state index contributed by atoms with van der Waals surface area (Å²) >= 11 is 0. The van der Waals surface area contributed by atoms with Gasteiger partial charge in [-0.25, -0.2) is 18.6 Å². The largest absolute Gasteiger partial charge is 0.461 e. The first-order valence-electron chi connectivity index (χ1n) is 5.17. The van der Waals surface area contributed by atoms with Crippen molar-refractivity contribution in [2.75, 3.05) is 6.61 Å². The minimum atomic E-state index is -2.67. The van der Waals surface area contributed by atoms with Crippen molar-refractivity contribution in [3.05, 3.63) is 28.6 Å². The summed E-state index contributed by atoms with van der Waals surface area (Å²) in [5.41, 5.74) is 5.41. The second kappa shape index (κ2) is 5.67. The molecule has 0 bridgehead atoms. The Labute approximate surface area is 97.8 Å². The van der Waals surface area contributed by atoms with E-state index in [1.807, 2.05) is 0 Å². The van der Waals surface area contributed by atoms with Crippen molar-refractivity contribution in [3.8, 4) is 0 Å². The summed E-state index contributed by atoms with van der Waals surface area (Å²) in [4.78, 5) is 15.5. The van der Waals surface area contributed by atoms with E-state index in [0.717, 1.165) is 0 Å². The van der Waals surface area contributed by atoms with Crippen molar-refractivity contribution in [1.29, 1.82) is 0 Å². The van der Waals surface area contributed by atoms with Crippen LogP contribution in [0.4, 0.5) is 8.78 Å². The molecule has 0 spiro atoms. The van der Waals surface area contributed by atoms with E-state index in [-0.39, 0.29) is 35.7 Å². The average Bonchev–Trinajstić information content (AvgIpc) is 2.29. The normalized spacial score (nSPS) is 10.7. The van der Waals surface area contributed by atoms with Gasteiger partial charge in [-0.1, -0.05) is 0 Å². The van der Waals surface area contributed by atoms with Gasteiger partial charge in [0.05, 0.1) is 12.3 Å². The lowest BCUT2D eigenvalue weighted by atomic mass is 10.1. The Bertz CT molecular complexity index is 422. The fourth-order valence-electron chi connectivity index (χ4n) is 1.41. The minimum Gasteiger partial charge on any atom is -0.461 e. The number of pyridine rings is 1. The van der Waals surface area contributed by atoms with Gasteiger partial charge in [-0.2, -0.15) is 0 Å². The molecule has 0 aliphatic rings. The summed E-state index contributed by atoms with van der Waals surface area (Å²) in [5, 5.41) is 0. The predicted molar refractivity (Wildman–Crippen MR) is 57.8 cm³/mol. The van der Waals surface area contributed by atoms with Gasteiger partial charge in [-0.05, 0) is 25.5 Å². The zero-order valence-electron chi connectivity index (χ0n) is 9.67. The molecule has 2 N–H and O–H groups in total. The molecule has 0 radical (unpaired) electrons. The molecule has 4 nitrogen and oxygen atoms in total. The fraction of sp³-hybridized carbons (Fsp3) is 0.455. The Morgan fingerprint density at radius 1 is 1.59 bits per heavy atom. The molecule has 0 aromatic carbocycles. The molecule has 0 fully saturated rings. The number of nitrogens with zero attached hydrogens (tertiary/aromatic N) is 1. The summed E-state index contributed by atoms with van der Waals surface area (Å²) in [7, 11) is 0.